The summed E-state index contributed by atoms with van der Waals surface area (Å²) in [6.07, 6.45) is 0.0854. The van der Waals surface area contributed by atoms with Crippen molar-refractivity contribution in [2.75, 3.05) is 14.2 Å². The van der Waals surface area contributed by atoms with Crippen LogP contribution < -0.4 is 10.3 Å². The van der Waals surface area contributed by atoms with Crippen molar-refractivity contribution in [2.24, 2.45) is 0 Å². The summed E-state index contributed by atoms with van der Waals surface area (Å²) in [4.78, 5) is 26.2. The van der Waals surface area contributed by atoms with E-state index in [0.717, 1.165) is 0 Å². The molecule has 0 saturated heterocycles. The highest BCUT2D eigenvalue weighted by Gasteiger charge is 2.13. The summed E-state index contributed by atoms with van der Waals surface area (Å²) >= 11 is 0. The number of aromatic nitrogens is 3. The number of carbonyl (C=O) groups excluding carboxylic acids is 1. The van der Waals surface area contributed by atoms with Crippen LogP contribution in [-0.2, 0) is 17.9 Å². The van der Waals surface area contributed by atoms with Gasteiger partial charge < -0.3 is 9.64 Å². The van der Waals surface area contributed by atoms with Crippen LogP contribution in [0.3, 0.4) is 0 Å². The van der Waals surface area contributed by atoms with E-state index in [0.29, 0.717) is 16.5 Å². The molecule has 8 heteroatoms. The van der Waals surface area contributed by atoms with Gasteiger partial charge in [0.1, 0.15) is 5.52 Å². The number of halogens is 1. The zero-order valence-electron chi connectivity index (χ0n) is 15.1. The Labute approximate surface area is 155 Å². The SMILES string of the molecule is COc1ccc(CN(C)C(=O)CCn2nnc3ccccc3c2=O)cc1F. The Kier molecular flexibility index (Phi) is 5.44. The van der Waals surface area contributed by atoms with Gasteiger partial charge in [-0.05, 0) is 29.8 Å². The summed E-state index contributed by atoms with van der Waals surface area (Å²) in [5.41, 5.74) is 0.879. The molecule has 0 unspecified atom stereocenters. The number of carbonyl (C=O) groups is 1. The first kappa shape index (κ1) is 18.5. The predicted octanol–water partition coefficient (Wildman–Crippen LogP) is 1.99. The number of benzene rings is 2. The molecule has 0 saturated carbocycles. The normalized spacial score (nSPS) is 10.8. The third kappa shape index (κ3) is 4.11. The molecule has 0 atom stereocenters. The molecule has 3 aromatic rings. The van der Waals surface area contributed by atoms with Crippen LogP contribution in [-0.4, -0.2) is 40.0 Å². The Bertz CT molecular complexity index is 1030. The smallest absolute Gasteiger partial charge is 0.277 e. The fraction of sp³-hybridized carbons (Fsp3) is 0.263. The first-order valence-electron chi connectivity index (χ1n) is 8.38. The number of ether oxygens (including phenoxy) is 1. The van der Waals surface area contributed by atoms with Crippen molar-refractivity contribution < 1.29 is 13.9 Å². The molecule has 1 aromatic heterocycles. The van der Waals surface area contributed by atoms with Crippen molar-refractivity contribution in [1.29, 1.82) is 0 Å². The minimum absolute atomic E-state index is 0.0854. The second kappa shape index (κ2) is 7.94. The van der Waals surface area contributed by atoms with Crippen molar-refractivity contribution >= 4 is 16.8 Å². The van der Waals surface area contributed by atoms with Gasteiger partial charge >= 0.3 is 0 Å². The van der Waals surface area contributed by atoms with Gasteiger partial charge in [-0.1, -0.05) is 23.4 Å². The molecule has 0 radical (unpaired) electrons. The highest BCUT2D eigenvalue weighted by molar-refractivity contribution is 5.77. The second-order valence-corrected chi connectivity index (χ2v) is 6.10. The van der Waals surface area contributed by atoms with Crippen molar-refractivity contribution in [3.05, 3.63) is 64.2 Å². The second-order valence-electron chi connectivity index (χ2n) is 6.10. The number of rotatable bonds is 6. The minimum atomic E-state index is -0.478. The highest BCUT2D eigenvalue weighted by atomic mass is 19.1. The molecule has 140 valence electrons. The lowest BCUT2D eigenvalue weighted by molar-refractivity contribution is -0.130. The molecule has 0 fully saturated rings. The van der Waals surface area contributed by atoms with E-state index in [1.165, 1.54) is 28.8 Å². The van der Waals surface area contributed by atoms with Crippen LogP contribution in [0.25, 0.3) is 10.9 Å². The van der Waals surface area contributed by atoms with Crippen LogP contribution in [0.1, 0.15) is 12.0 Å². The molecule has 3 rings (SSSR count). The summed E-state index contributed by atoms with van der Waals surface area (Å²) in [6.45, 7) is 0.370. The first-order chi connectivity index (χ1) is 13.0. The third-order valence-corrected chi connectivity index (χ3v) is 4.23. The molecular formula is C19H19FN4O3. The van der Waals surface area contributed by atoms with E-state index >= 15 is 0 Å². The maximum absolute atomic E-state index is 13.8. The Balaban J connectivity index is 1.64. The largest absolute Gasteiger partial charge is 0.494 e. The Morgan fingerprint density at radius 3 is 2.78 bits per heavy atom. The van der Waals surface area contributed by atoms with Crippen molar-refractivity contribution in [3.8, 4) is 5.75 Å². The molecule has 7 nitrogen and oxygen atoms in total. The monoisotopic (exact) mass is 370 g/mol. The van der Waals surface area contributed by atoms with Crippen molar-refractivity contribution in [3.63, 3.8) is 0 Å². The average molecular weight is 370 g/mol. The lowest BCUT2D eigenvalue weighted by Gasteiger charge is -2.17. The fourth-order valence-corrected chi connectivity index (χ4v) is 2.73. The van der Waals surface area contributed by atoms with Gasteiger partial charge in [-0.15, -0.1) is 5.10 Å². The van der Waals surface area contributed by atoms with E-state index in [4.69, 9.17) is 4.74 Å². The zero-order valence-corrected chi connectivity index (χ0v) is 15.1. The predicted molar refractivity (Wildman–Crippen MR) is 97.8 cm³/mol. The topological polar surface area (TPSA) is 77.3 Å². The third-order valence-electron chi connectivity index (χ3n) is 4.23. The van der Waals surface area contributed by atoms with Gasteiger partial charge in [-0.3, -0.25) is 9.59 Å². The van der Waals surface area contributed by atoms with Gasteiger partial charge in [0.2, 0.25) is 5.91 Å². The van der Waals surface area contributed by atoms with Crippen LogP contribution in [0.5, 0.6) is 5.75 Å². The summed E-state index contributed by atoms with van der Waals surface area (Å²) in [5, 5.41) is 8.33. The van der Waals surface area contributed by atoms with Crippen molar-refractivity contribution in [1.82, 2.24) is 19.9 Å². The van der Waals surface area contributed by atoms with Gasteiger partial charge in [0.05, 0.1) is 19.0 Å². The number of hydrogen-bond donors (Lipinski definition) is 0. The number of fused-ring (bicyclic) bond motifs is 1. The molecule has 0 aliphatic carbocycles. The summed E-state index contributed by atoms with van der Waals surface area (Å²) < 4.78 is 19.8. The number of amides is 1. The quantitative estimate of drug-likeness (QED) is 0.663. The van der Waals surface area contributed by atoms with E-state index in [9.17, 15) is 14.0 Å². The fourth-order valence-electron chi connectivity index (χ4n) is 2.73. The zero-order chi connectivity index (χ0) is 19.4. The van der Waals surface area contributed by atoms with Gasteiger partial charge in [-0.2, -0.15) is 0 Å². The maximum Gasteiger partial charge on any atom is 0.277 e. The highest BCUT2D eigenvalue weighted by Crippen LogP contribution is 2.18. The Morgan fingerprint density at radius 2 is 2.04 bits per heavy atom. The van der Waals surface area contributed by atoms with Crippen LogP contribution in [0, 0.1) is 5.82 Å². The van der Waals surface area contributed by atoms with E-state index in [1.807, 2.05) is 0 Å². The Hall–Kier alpha value is -3.29. The molecule has 0 aliphatic heterocycles. The van der Waals surface area contributed by atoms with Crippen LogP contribution in [0.15, 0.2) is 47.3 Å². The molecule has 0 N–H and O–H groups in total. The molecular weight excluding hydrogens is 351 g/mol. The summed E-state index contributed by atoms with van der Waals surface area (Å²) in [7, 11) is 3.02. The first-order valence-corrected chi connectivity index (χ1v) is 8.38. The molecule has 1 amide bonds. The minimum Gasteiger partial charge on any atom is -0.494 e. The van der Waals surface area contributed by atoms with Gasteiger partial charge in [0.25, 0.3) is 5.56 Å². The lowest BCUT2D eigenvalue weighted by atomic mass is 10.2. The molecule has 2 aromatic carbocycles. The number of nitrogens with zero attached hydrogens (tertiary/aromatic N) is 4. The molecule has 0 aliphatic rings. The number of hydrogen-bond acceptors (Lipinski definition) is 5. The standard InChI is InChI=1S/C19H19FN4O3/c1-23(12-13-7-8-17(27-2)15(20)11-13)18(25)9-10-24-19(26)14-5-3-4-6-16(14)21-22-24/h3-8,11H,9-10,12H2,1-2H3. The molecule has 1 heterocycles. The van der Waals surface area contributed by atoms with Crippen molar-refractivity contribution in [2.45, 2.75) is 19.5 Å². The van der Waals surface area contributed by atoms with E-state index in [1.54, 1.807) is 37.4 Å². The van der Waals surface area contributed by atoms with E-state index < -0.39 is 5.82 Å². The van der Waals surface area contributed by atoms with Gasteiger partial charge in [0, 0.05) is 20.0 Å². The molecule has 0 spiro atoms. The summed E-state index contributed by atoms with van der Waals surface area (Å²) in [6, 6.07) is 11.5. The summed E-state index contributed by atoms with van der Waals surface area (Å²) in [5.74, 6) is -0.510. The van der Waals surface area contributed by atoms with Gasteiger partial charge in [-0.25, -0.2) is 9.07 Å². The maximum atomic E-state index is 13.8. The van der Waals surface area contributed by atoms with Crippen LogP contribution >= 0.6 is 0 Å². The number of aryl methyl sites for hydroxylation is 1. The Morgan fingerprint density at radius 1 is 1.26 bits per heavy atom. The molecule has 27 heavy (non-hydrogen) atoms. The lowest BCUT2D eigenvalue weighted by Crippen LogP contribution is -2.30. The van der Waals surface area contributed by atoms with E-state index in [2.05, 4.69) is 10.3 Å². The number of methoxy groups -OCH3 is 1. The van der Waals surface area contributed by atoms with Crippen LogP contribution in [0.4, 0.5) is 4.39 Å². The average Bonchev–Trinajstić information content (AvgIpc) is 2.67. The van der Waals surface area contributed by atoms with Crippen LogP contribution in [0.2, 0.25) is 0 Å². The molecule has 0 bridgehead atoms. The van der Waals surface area contributed by atoms with E-state index in [-0.39, 0.29) is 36.7 Å². The van der Waals surface area contributed by atoms with Gasteiger partial charge in [0.15, 0.2) is 11.6 Å².